The Labute approximate surface area is 189 Å². The lowest BCUT2D eigenvalue weighted by molar-refractivity contribution is 0.0951. The topological polar surface area (TPSA) is 87.6 Å². The van der Waals surface area contributed by atoms with Gasteiger partial charge in [-0.1, -0.05) is 35.9 Å². The number of aryl methyl sites for hydroxylation is 1. The highest BCUT2D eigenvalue weighted by atomic mass is 35.5. The molecule has 0 saturated heterocycles. The van der Waals surface area contributed by atoms with Crippen LogP contribution in [0.25, 0.3) is 33.3 Å². The summed E-state index contributed by atoms with van der Waals surface area (Å²) in [5.41, 5.74) is 6.14. The zero-order valence-corrected chi connectivity index (χ0v) is 18.4. The summed E-state index contributed by atoms with van der Waals surface area (Å²) in [5.74, 6) is 0.574. The molecule has 7 nitrogen and oxygen atoms in total. The van der Waals surface area contributed by atoms with Crippen LogP contribution in [0.5, 0.6) is 0 Å². The van der Waals surface area contributed by atoms with E-state index in [0.29, 0.717) is 17.1 Å². The van der Waals surface area contributed by atoms with Crippen molar-refractivity contribution in [2.24, 2.45) is 7.05 Å². The number of H-pyrrole nitrogens is 1. The van der Waals surface area contributed by atoms with Crippen molar-refractivity contribution < 1.29 is 4.79 Å². The molecule has 5 aromatic rings. The lowest BCUT2D eigenvalue weighted by Crippen LogP contribution is -2.22. The molecule has 0 aliphatic carbocycles. The Hall–Kier alpha value is -3.84. The van der Waals surface area contributed by atoms with Crippen molar-refractivity contribution in [2.45, 2.75) is 6.54 Å². The summed E-state index contributed by atoms with van der Waals surface area (Å²) >= 11 is 5.99. The number of pyridine rings is 1. The summed E-state index contributed by atoms with van der Waals surface area (Å²) < 4.78 is 2.00. The molecular weight excluding hydrogens is 424 g/mol. The van der Waals surface area contributed by atoms with Gasteiger partial charge in [-0.15, -0.1) is 0 Å². The number of aromatic amines is 1. The molecule has 0 radical (unpaired) electrons. The van der Waals surface area contributed by atoms with Crippen LogP contribution in [0.15, 0.2) is 60.9 Å². The second-order valence-electron chi connectivity index (χ2n) is 7.60. The lowest BCUT2D eigenvalue weighted by atomic mass is 10.1. The summed E-state index contributed by atoms with van der Waals surface area (Å²) in [6, 6.07) is 17.1. The Morgan fingerprint density at radius 3 is 2.81 bits per heavy atom. The third kappa shape index (κ3) is 3.56. The molecule has 160 valence electrons. The third-order valence-electron chi connectivity index (χ3n) is 5.45. The van der Waals surface area contributed by atoms with Gasteiger partial charge in [0.2, 0.25) is 0 Å². The van der Waals surface area contributed by atoms with Gasteiger partial charge in [-0.25, -0.2) is 9.97 Å². The Balaban J connectivity index is 1.44. The molecule has 8 heteroatoms. The minimum absolute atomic E-state index is 0.161. The Kier molecular flexibility index (Phi) is 5.03. The molecule has 3 heterocycles. The maximum absolute atomic E-state index is 12.4. The first-order chi connectivity index (χ1) is 15.5. The fraction of sp³-hybridized carbons (Fsp3) is 0.125. The van der Waals surface area contributed by atoms with Crippen molar-refractivity contribution in [3.8, 4) is 11.3 Å². The van der Waals surface area contributed by atoms with Gasteiger partial charge in [-0.3, -0.25) is 4.79 Å². The van der Waals surface area contributed by atoms with Crippen molar-refractivity contribution in [1.29, 1.82) is 0 Å². The first-order valence-electron chi connectivity index (χ1n) is 10.2. The highest BCUT2D eigenvalue weighted by molar-refractivity contribution is 6.31. The summed E-state index contributed by atoms with van der Waals surface area (Å²) in [6.07, 6.45) is 1.79. The van der Waals surface area contributed by atoms with Crippen LogP contribution in [0.2, 0.25) is 5.02 Å². The number of halogens is 1. The van der Waals surface area contributed by atoms with Crippen LogP contribution in [-0.4, -0.2) is 32.5 Å². The standard InChI is InChI=1S/C24H21ClN6O/c1-26-23-20-21(31(2)13-28-20)18-11-19(29-22(18)30-23)15-6-3-5-14(9-15)12-27-24(32)16-7-4-8-17(25)10-16/h3-11,13H,12H2,1-2H3,(H,27,32)(H2,26,29,30). The molecule has 0 atom stereocenters. The Bertz CT molecular complexity index is 1470. The first kappa shape index (κ1) is 20.1. The SMILES string of the molecule is CNc1nc2[nH]c(-c3cccc(CNC(=O)c4cccc(Cl)c4)c3)cc2c2c1ncn2C. The average Bonchev–Trinajstić information content (AvgIpc) is 3.40. The monoisotopic (exact) mass is 444 g/mol. The number of amides is 1. The predicted molar refractivity (Wildman–Crippen MR) is 128 cm³/mol. The Morgan fingerprint density at radius 1 is 1.16 bits per heavy atom. The van der Waals surface area contributed by atoms with Crippen molar-refractivity contribution in [1.82, 2.24) is 24.8 Å². The molecule has 1 amide bonds. The van der Waals surface area contributed by atoms with E-state index >= 15 is 0 Å². The zero-order valence-electron chi connectivity index (χ0n) is 17.6. The fourth-order valence-corrected chi connectivity index (χ4v) is 4.08. The van der Waals surface area contributed by atoms with Crippen molar-refractivity contribution >= 4 is 45.4 Å². The minimum Gasteiger partial charge on any atom is -0.371 e. The number of carbonyl (C=O) groups excluding carboxylic acids is 1. The van der Waals surface area contributed by atoms with E-state index in [1.807, 2.05) is 36.9 Å². The molecule has 0 fully saturated rings. The summed E-state index contributed by atoms with van der Waals surface area (Å²) in [7, 11) is 3.82. The van der Waals surface area contributed by atoms with Crippen LogP contribution in [0, 0.1) is 0 Å². The molecule has 32 heavy (non-hydrogen) atoms. The number of nitrogens with zero attached hydrogens (tertiary/aromatic N) is 3. The second-order valence-corrected chi connectivity index (χ2v) is 8.04. The molecule has 0 spiro atoms. The summed E-state index contributed by atoms with van der Waals surface area (Å²) in [4.78, 5) is 25.0. The molecule has 3 N–H and O–H groups in total. The zero-order chi connectivity index (χ0) is 22.2. The van der Waals surface area contributed by atoms with E-state index in [2.05, 4.69) is 32.7 Å². The van der Waals surface area contributed by atoms with E-state index in [1.165, 1.54) is 0 Å². The molecule has 5 rings (SSSR count). The normalized spacial score (nSPS) is 11.2. The van der Waals surface area contributed by atoms with E-state index in [4.69, 9.17) is 16.6 Å². The second kappa shape index (κ2) is 8.01. The van der Waals surface area contributed by atoms with Crippen molar-refractivity contribution in [3.05, 3.63) is 77.1 Å². The first-order valence-corrected chi connectivity index (χ1v) is 10.6. The van der Waals surface area contributed by atoms with Gasteiger partial charge >= 0.3 is 0 Å². The third-order valence-corrected chi connectivity index (χ3v) is 5.69. The maximum Gasteiger partial charge on any atom is 0.251 e. The van der Waals surface area contributed by atoms with Gasteiger partial charge in [0.25, 0.3) is 5.91 Å². The fourth-order valence-electron chi connectivity index (χ4n) is 3.89. The van der Waals surface area contributed by atoms with Crippen LogP contribution in [0.4, 0.5) is 5.82 Å². The molecule has 0 saturated carbocycles. The molecule has 3 aromatic heterocycles. The summed E-state index contributed by atoms with van der Waals surface area (Å²) in [5, 5.41) is 7.62. The van der Waals surface area contributed by atoms with Crippen molar-refractivity contribution in [3.63, 3.8) is 0 Å². The summed E-state index contributed by atoms with van der Waals surface area (Å²) in [6.45, 7) is 0.410. The van der Waals surface area contributed by atoms with Gasteiger partial charge in [-0.2, -0.15) is 0 Å². The van der Waals surface area contributed by atoms with E-state index in [9.17, 15) is 4.79 Å². The average molecular weight is 445 g/mol. The van der Waals surface area contributed by atoms with E-state index in [0.717, 1.165) is 44.7 Å². The number of hydrogen-bond donors (Lipinski definition) is 3. The maximum atomic E-state index is 12.4. The number of fused-ring (bicyclic) bond motifs is 3. The molecule has 2 aromatic carbocycles. The molecular formula is C24H21ClN6O. The number of carbonyl (C=O) groups is 1. The number of nitrogens with one attached hydrogen (secondary N) is 3. The van der Waals surface area contributed by atoms with E-state index < -0.39 is 0 Å². The minimum atomic E-state index is -0.161. The smallest absolute Gasteiger partial charge is 0.251 e. The van der Waals surface area contributed by atoms with Gasteiger partial charge in [0.15, 0.2) is 5.82 Å². The van der Waals surface area contributed by atoms with Crippen LogP contribution in [-0.2, 0) is 13.6 Å². The van der Waals surface area contributed by atoms with Gasteiger partial charge < -0.3 is 20.2 Å². The van der Waals surface area contributed by atoms with Gasteiger partial charge in [-0.05, 0) is 41.5 Å². The van der Waals surface area contributed by atoms with Crippen LogP contribution >= 0.6 is 11.6 Å². The largest absolute Gasteiger partial charge is 0.371 e. The van der Waals surface area contributed by atoms with Crippen LogP contribution < -0.4 is 10.6 Å². The van der Waals surface area contributed by atoms with Gasteiger partial charge in [0.05, 0.1) is 11.8 Å². The van der Waals surface area contributed by atoms with E-state index in [1.54, 1.807) is 30.6 Å². The van der Waals surface area contributed by atoms with Gasteiger partial charge in [0.1, 0.15) is 11.2 Å². The van der Waals surface area contributed by atoms with Crippen LogP contribution in [0.3, 0.4) is 0 Å². The predicted octanol–water partition coefficient (Wildman–Crippen LogP) is 4.74. The number of imidazole rings is 1. The number of aromatic nitrogens is 4. The molecule has 0 aliphatic heterocycles. The Morgan fingerprint density at radius 2 is 2.00 bits per heavy atom. The quantitative estimate of drug-likeness (QED) is 0.365. The number of benzene rings is 2. The molecule has 0 unspecified atom stereocenters. The molecule has 0 bridgehead atoms. The van der Waals surface area contributed by atoms with Gasteiger partial charge in [0, 0.05) is 42.3 Å². The number of anilines is 1. The number of rotatable bonds is 5. The highest BCUT2D eigenvalue weighted by Crippen LogP contribution is 2.31. The number of hydrogen-bond acceptors (Lipinski definition) is 4. The van der Waals surface area contributed by atoms with E-state index in [-0.39, 0.29) is 5.91 Å². The molecule has 0 aliphatic rings. The van der Waals surface area contributed by atoms with Crippen LogP contribution in [0.1, 0.15) is 15.9 Å². The van der Waals surface area contributed by atoms with Crippen molar-refractivity contribution in [2.75, 3.05) is 12.4 Å². The lowest BCUT2D eigenvalue weighted by Gasteiger charge is -2.07. The highest BCUT2D eigenvalue weighted by Gasteiger charge is 2.15.